The lowest BCUT2D eigenvalue weighted by molar-refractivity contribution is -0.00413. The van der Waals surface area contributed by atoms with Crippen molar-refractivity contribution in [2.75, 3.05) is 91.6 Å². The molecule has 0 amide bonds. The van der Waals surface area contributed by atoms with Crippen molar-refractivity contribution < 1.29 is 80.5 Å². The predicted molar refractivity (Wildman–Crippen MR) is 156 cm³/mol. The highest BCUT2D eigenvalue weighted by molar-refractivity contribution is 7.54. The molecule has 0 aromatic heterocycles. The number of benzene rings is 1. The van der Waals surface area contributed by atoms with E-state index in [1.54, 1.807) is 24.3 Å². The van der Waals surface area contributed by atoms with Crippen LogP contribution >= 0.6 is 30.4 Å². The highest BCUT2D eigenvalue weighted by Crippen LogP contribution is 2.48. The van der Waals surface area contributed by atoms with Crippen LogP contribution < -0.4 is 4.74 Å². The van der Waals surface area contributed by atoms with Crippen LogP contribution in [0.15, 0.2) is 29.4 Å². The predicted octanol–water partition coefficient (Wildman–Crippen LogP) is 1.03. The standard InChI is InChI=1S/C21H40N2O17P4/c1-41(24,25)39-14-11-36-9-7-34-6-8-35-10-13-38-22-16-20-2-4-21(5-3-20)37-12-15-40-44(32,33)19-23(17-42(26,27)28)18-43(29,30)31/h2-5,16H,6-15,17-19H2,1H3,(H,24,25)(H,32,33)(H2,26,27,28)(H2,29,30,31)/b22-16+. The van der Waals surface area contributed by atoms with Crippen LogP contribution in [0.2, 0.25) is 0 Å². The maximum atomic E-state index is 12.2. The lowest BCUT2D eigenvalue weighted by Gasteiger charge is -2.24. The van der Waals surface area contributed by atoms with Gasteiger partial charge in [-0.25, -0.2) is 0 Å². The second-order valence-electron chi connectivity index (χ2n) is 8.85. The fourth-order valence-corrected chi connectivity index (χ4v) is 6.47. The molecule has 23 heteroatoms. The van der Waals surface area contributed by atoms with E-state index in [9.17, 15) is 23.2 Å². The Morgan fingerprint density at radius 1 is 0.659 bits per heavy atom. The summed E-state index contributed by atoms with van der Waals surface area (Å²) >= 11 is 0. The summed E-state index contributed by atoms with van der Waals surface area (Å²) in [5, 5.41) is 3.82. The summed E-state index contributed by atoms with van der Waals surface area (Å²) in [6.07, 6.45) is -1.82. The number of hydrogen-bond acceptors (Lipinski definition) is 13. The molecule has 0 saturated carbocycles. The van der Waals surface area contributed by atoms with Crippen molar-refractivity contribution in [3.8, 4) is 5.75 Å². The summed E-state index contributed by atoms with van der Waals surface area (Å²) in [4.78, 5) is 60.6. The van der Waals surface area contributed by atoms with Gasteiger partial charge in [-0.05, 0) is 29.8 Å². The molecule has 0 aliphatic heterocycles. The third-order valence-electron chi connectivity index (χ3n) is 4.57. The molecule has 1 aromatic carbocycles. The zero-order chi connectivity index (χ0) is 33.1. The van der Waals surface area contributed by atoms with Crippen molar-refractivity contribution in [2.45, 2.75) is 0 Å². The number of nitrogens with zero attached hydrogens (tertiary/aromatic N) is 2. The minimum absolute atomic E-state index is 0.0229. The summed E-state index contributed by atoms with van der Waals surface area (Å²) in [7, 11) is -17.5. The van der Waals surface area contributed by atoms with Crippen LogP contribution in [0.5, 0.6) is 5.75 Å². The van der Waals surface area contributed by atoms with Gasteiger partial charge >= 0.3 is 30.4 Å². The van der Waals surface area contributed by atoms with Crippen LogP contribution in [0.4, 0.5) is 0 Å². The molecule has 0 fully saturated rings. The molecule has 19 nitrogen and oxygen atoms in total. The molecule has 0 bridgehead atoms. The smallest absolute Gasteiger partial charge is 0.342 e. The number of hydrogen-bond donors (Lipinski definition) is 6. The molecule has 0 radical (unpaired) electrons. The average Bonchev–Trinajstić information content (AvgIpc) is 2.86. The van der Waals surface area contributed by atoms with E-state index < -0.39 is 49.2 Å². The molecule has 0 aliphatic rings. The minimum atomic E-state index is -4.77. The third-order valence-corrected chi connectivity index (χ3v) is 8.11. The van der Waals surface area contributed by atoms with E-state index in [0.717, 1.165) is 6.66 Å². The van der Waals surface area contributed by atoms with Gasteiger partial charge in [0.2, 0.25) is 0 Å². The molecular weight excluding hydrogens is 676 g/mol. The fourth-order valence-electron chi connectivity index (χ4n) is 2.99. The van der Waals surface area contributed by atoms with Crippen LogP contribution in [0, 0.1) is 0 Å². The van der Waals surface area contributed by atoms with Gasteiger partial charge in [-0.2, -0.15) is 0 Å². The normalized spacial score (nSPS) is 15.4. The Balaban J connectivity index is 2.17. The Morgan fingerprint density at radius 2 is 1.14 bits per heavy atom. The van der Waals surface area contributed by atoms with E-state index in [-0.39, 0.29) is 39.6 Å². The van der Waals surface area contributed by atoms with E-state index in [4.69, 9.17) is 52.8 Å². The molecule has 0 aliphatic carbocycles. The fraction of sp³-hybridized carbons (Fsp3) is 0.667. The van der Waals surface area contributed by atoms with Crippen LogP contribution in [0.25, 0.3) is 0 Å². The van der Waals surface area contributed by atoms with Gasteiger partial charge in [-0.3, -0.25) is 23.2 Å². The minimum Gasteiger partial charge on any atom is -0.491 e. The second kappa shape index (κ2) is 20.9. The van der Waals surface area contributed by atoms with E-state index >= 15 is 0 Å². The first-order chi connectivity index (χ1) is 20.4. The van der Waals surface area contributed by atoms with Crippen LogP contribution in [0.1, 0.15) is 5.56 Å². The summed E-state index contributed by atoms with van der Waals surface area (Å²) in [6, 6.07) is 6.53. The highest BCUT2D eigenvalue weighted by atomic mass is 31.2. The lowest BCUT2D eigenvalue weighted by Crippen LogP contribution is -2.28. The van der Waals surface area contributed by atoms with E-state index in [0.29, 0.717) is 42.6 Å². The van der Waals surface area contributed by atoms with Gasteiger partial charge in [0.25, 0.3) is 0 Å². The molecule has 0 saturated heterocycles. The van der Waals surface area contributed by atoms with Gasteiger partial charge in [0.15, 0.2) is 0 Å². The van der Waals surface area contributed by atoms with Crippen molar-refractivity contribution in [1.29, 1.82) is 0 Å². The van der Waals surface area contributed by atoms with Gasteiger partial charge in [-0.15, -0.1) is 0 Å². The van der Waals surface area contributed by atoms with E-state index in [1.807, 2.05) is 0 Å². The monoisotopic (exact) mass is 716 g/mol. The molecular formula is C21H40N2O17P4. The second-order valence-corrected chi connectivity index (χ2v) is 15.8. The van der Waals surface area contributed by atoms with Crippen molar-refractivity contribution in [2.24, 2.45) is 5.16 Å². The van der Waals surface area contributed by atoms with Crippen molar-refractivity contribution in [3.05, 3.63) is 29.8 Å². The van der Waals surface area contributed by atoms with Gasteiger partial charge in [-0.1, -0.05) is 5.16 Å². The van der Waals surface area contributed by atoms with Crippen molar-refractivity contribution in [1.82, 2.24) is 4.90 Å². The number of rotatable bonds is 26. The largest absolute Gasteiger partial charge is 0.491 e. The quantitative estimate of drug-likeness (QED) is 0.0338. The van der Waals surface area contributed by atoms with E-state index in [2.05, 4.69) is 9.68 Å². The maximum Gasteiger partial charge on any atom is 0.342 e. The van der Waals surface area contributed by atoms with Gasteiger partial charge in [0.05, 0.1) is 59.1 Å². The molecule has 0 spiro atoms. The van der Waals surface area contributed by atoms with Crippen LogP contribution in [-0.2, 0) is 46.4 Å². The summed E-state index contributed by atoms with van der Waals surface area (Å²) in [6.45, 7) is 2.58. The third kappa shape index (κ3) is 25.2. The van der Waals surface area contributed by atoms with Crippen LogP contribution in [-0.4, -0.2) is 132 Å². The number of ether oxygens (including phenoxy) is 4. The Bertz CT molecular complexity index is 1130. The van der Waals surface area contributed by atoms with Gasteiger partial charge < -0.3 is 62.2 Å². The Kier molecular flexibility index (Phi) is 19.5. The van der Waals surface area contributed by atoms with Crippen LogP contribution in [0.3, 0.4) is 0 Å². The Hall–Kier alpha value is -1.07. The first kappa shape index (κ1) is 41.0. The summed E-state index contributed by atoms with van der Waals surface area (Å²) in [5.74, 6) is 0.398. The van der Waals surface area contributed by atoms with Gasteiger partial charge in [0.1, 0.15) is 37.8 Å². The highest BCUT2D eigenvalue weighted by Gasteiger charge is 2.32. The molecule has 2 unspecified atom stereocenters. The lowest BCUT2D eigenvalue weighted by atomic mass is 10.2. The first-order valence-corrected chi connectivity index (χ1v) is 20.2. The zero-order valence-corrected chi connectivity index (χ0v) is 27.5. The topological polar surface area (TPSA) is 270 Å². The van der Waals surface area contributed by atoms with Crippen molar-refractivity contribution >= 4 is 36.6 Å². The average molecular weight is 716 g/mol. The molecule has 6 N–H and O–H groups in total. The molecule has 0 heterocycles. The Morgan fingerprint density at radius 3 is 1.64 bits per heavy atom. The van der Waals surface area contributed by atoms with E-state index in [1.165, 1.54) is 6.21 Å². The SMILES string of the molecule is CP(=O)(O)OCCOCCOCCOCCO/N=C/c1ccc(OCCOP(=O)(O)CN(CP(=O)(O)O)CP(=O)(O)O)cc1. The molecule has 1 rings (SSSR count). The molecule has 44 heavy (non-hydrogen) atoms. The molecule has 2 atom stereocenters. The number of oxime groups is 1. The van der Waals surface area contributed by atoms with Gasteiger partial charge in [0, 0.05) is 6.66 Å². The summed E-state index contributed by atoms with van der Waals surface area (Å²) in [5.41, 5.74) is 0.687. The maximum absolute atomic E-state index is 12.2. The zero-order valence-electron chi connectivity index (χ0n) is 23.9. The molecule has 256 valence electrons. The molecule has 1 aromatic rings. The van der Waals surface area contributed by atoms with Crippen molar-refractivity contribution in [3.63, 3.8) is 0 Å². The first-order valence-electron chi connectivity index (χ1n) is 12.8. The Labute approximate surface area is 254 Å². The summed E-state index contributed by atoms with van der Waals surface area (Å²) < 4.78 is 76.2.